The number of halogens is 1. The number of aliphatic imine (C=N–C) groups is 1. The number of phenols is 1. The second-order valence-corrected chi connectivity index (χ2v) is 6.60. The Balaban J connectivity index is 2.69. The lowest BCUT2D eigenvalue weighted by Gasteiger charge is -2.31. The average molecular weight is 443 g/mol. The molecule has 0 aliphatic carbocycles. The van der Waals surface area contributed by atoms with Crippen LogP contribution in [-0.4, -0.2) is 37.0 Å². The van der Waals surface area contributed by atoms with Crippen LogP contribution in [0.25, 0.3) is 0 Å². The van der Waals surface area contributed by atoms with Gasteiger partial charge in [0.05, 0.1) is 23.4 Å². The van der Waals surface area contributed by atoms with Gasteiger partial charge in [0.15, 0.2) is 0 Å². The largest absolute Gasteiger partial charge is 0.507 e. The Morgan fingerprint density at radius 2 is 1.88 bits per heavy atom. The number of nitrogens with zero attached hydrogens (tertiary/aromatic N) is 1. The van der Waals surface area contributed by atoms with Crippen molar-refractivity contribution in [1.82, 2.24) is 0 Å². The number of ether oxygens (including phenoxy) is 2. The zero-order valence-electron chi connectivity index (χ0n) is 13.8. The lowest BCUT2D eigenvalue weighted by molar-refractivity contribution is -0.143. The maximum Gasteiger partial charge on any atom is 0.336 e. The highest BCUT2D eigenvalue weighted by atomic mass is 127. The molecular formula is C17H18INO5. The summed E-state index contributed by atoms with van der Waals surface area (Å²) >= 11 is 2.00. The molecule has 128 valence electrons. The third kappa shape index (κ3) is 3.31. The van der Waals surface area contributed by atoms with Crippen LogP contribution in [0.1, 0.15) is 25.3 Å². The van der Waals surface area contributed by atoms with Gasteiger partial charge in [-0.05, 0) is 54.1 Å². The van der Waals surface area contributed by atoms with E-state index in [0.29, 0.717) is 26.1 Å². The first-order chi connectivity index (χ1) is 11.3. The number of allylic oxidation sites excluding steroid dienone is 1. The van der Waals surface area contributed by atoms with Crippen LogP contribution in [0.2, 0.25) is 0 Å². The lowest BCUT2D eigenvalue weighted by atomic mass is 9.75. The number of esters is 2. The summed E-state index contributed by atoms with van der Waals surface area (Å²) in [6.07, 6.45) is 0. The van der Waals surface area contributed by atoms with Gasteiger partial charge in [-0.15, -0.1) is 0 Å². The summed E-state index contributed by atoms with van der Waals surface area (Å²) < 4.78 is 10.4. The van der Waals surface area contributed by atoms with Crippen LogP contribution in [0, 0.1) is 9.49 Å². The molecule has 1 heterocycles. The topological polar surface area (TPSA) is 85.2 Å². The van der Waals surface area contributed by atoms with Crippen molar-refractivity contribution in [3.63, 3.8) is 0 Å². The normalized spacial score (nSPS) is 20.5. The maximum atomic E-state index is 12.3. The molecule has 0 saturated heterocycles. The average Bonchev–Trinajstić information content (AvgIpc) is 2.55. The maximum absolute atomic E-state index is 12.3. The van der Waals surface area contributed by atoms with Gasteiger partial charge in [-0.25, -0.2) is 4.79 Å². The predicted molar refractivity (Wildman–Crippen MR) is 96.9 cm³/mol. The van der Waals surface area contributed by atoms with Crippen LogP contribution in [0.15, 0.2) is 34.5 Å². The van der Waals surface area contributed by atoms with Crippen molar-refractivity contribution in [2.45, 2.75) is 19.8 Å². The summed E-state index contributed by atoms with van der Waals surface area (Å²) in [6, 6.07) is 4.97. The lowest BCUT2D eigenvalue weighted by Crippen LogP contribution is -2.36. The Hall–Kier alpha value is -1.90. The van der Waals surface area contributed by atoms with Gasteiger partial charge in [0.25, 0.3) is 0 Å². The Morgan fingerprint density at radius 3 is 2.42 bits per heavy atom. The van der Waals surface area contributed by atoms with E-state index in [0.717, 1.165) is 0 Å². The standard InChI is InChI=1S/C17H18INO5/c1-8-13(16(21)23-3)15(10-5-6-12(20)11(18)7-10)14(9(2)19-8)17(22)24-4/h5-7,13,15,20H,1-4H3. The molecule has 0 amide bonds. The number of aromatic hydroxyl groups is 1. The quantitative estimate of drug-likeness (QED) is 0.574. The van der Waals surface area contributed by atoms with Crippen LogP contribution in [0.5, 0.6) is 5.75 Å². The number of hydrogen-bond donors (Lipinski definition) is 1. The molecule has 1 aromatic carbocycles. The molecule has 2 unspecified atom stereocenters. The number of methoxy groups -OCH3 is 2. The molecule has 0 spiro atoms. The van der Waals surface area contributed by atoms with E-state index < -0.39 is 23.8 Å². The van der Waals surface area contributed by atoms with Gasteiger partial charge in [0, 0.05) is 17.3 Å². The van der Waals surface area contributed by atoms with E-state index in [9.17, 15) is 14.7 Å². The van der Waals surface area contributed by atoms with Gasteiger partial charge >= 0.3 is 11.9 Å². The minimum absolute atomic E-state index is 0.135. The van der Waals surface area contributed by atoms with Crippen molar-refractivity contribution in [3.05, 3.63) is 38.6 Å². The minimum Gasteiger partial charge on any atom is -0.507 e. The summed E-state index contributed by atoms with van der Waals surface area (Å²) in [5.41, 5.74) is 2.11. The molecule has 0 bridgehead atoms. The monoisotopic (exact) mass is 443 g/mol. The predicted octanol–water partition coefficient (Wildman–Crippen LogP) is 2.79. The third-order valence-electron chi connectivity index (χ3n) is 4.02. The van der Waals surface area contributed by atoms with Gasteiger partial charge in [0.1, 0.15) is 11.7 Å². The van der Waals surface area contributed by atoms with Gasteiger partial charge in [-0.1, -0.05) is 6.07 Å². The molecule has 1 aliphatic heterocycles. The van der Waals surface area contributed by atoms with Gasteiger partial charge in [0.2, 0.25) is 0 Å². The van der Waals surface area contributed by atoms with E-state index in [2.05, 4.69) is 4.99 Å². The van der Waals surface area contributed by atoms with Crippen molar-refractivity contribution in [3.8, 4) is 5.75 Å². The minimum atomic E-state index is -0.729. The van der Waals surface area contributed by atoms with E-state index in [4.69, 9.17) is 9.47 Å². The van der Waals surface area contributed by atoms with E-state index in [1.807, 2.05) is 22.6 Å². The highest BCUT2D eigenvalue weighted by molar-refractivity contribution is 14.1. The number of carbonyl (C=O) groups is 2. The molecule has 0 saturated carbocycles. The molecular weight excluding hydrogens is 425 g/mol. The van der Waals surface area contributed by atoms with Crippen LogP contribution < -0.4 is 0 Å². The zero-order valence-corrected chi connectivity index (χ0v) is 15.9. The van der Waals surface area contributed by atoms with Crippen molar-refractivity contribution in [1.29, 1.82) is 0 Å². The number of benzene rings is 1. The van der Waals surface area contributed by atoms with Crippen molar-refractivity contribution in [2.24, 2.45) is 10.9 Å². The molecule has 2 rings (SSSR count). The second-order valence-electron chi connectivity index (χ2n) is 5.43. The Morgan fingerprint density at radius 1 is 1.21 bits per heavy atom. The first-order valence-electron chi connectivity index (χ1n) is 7.22. The number of carbonyl (C=O) groups excluding carboxylic acids is 2. The van der Waals surface area contributed by atoms with E-state index >= 15 is 0 Å². The summed E-state index contributed by atoms with van der Waals surface area (Å²) in [5, 5.41) is 9.76. The van der Waals surface area contributed by atoms with E-state index in [-0.39, 0.29) is 5.75 Å². The number of rotatable bonds is 3. The second kappa shape index (κ2) is 7.33. The molecule has 6 nitrogen and oxygen atoms in total. The Bertz CT molecular complexity index is 753. The van der Waals surface area contributed by atoms with E-state index in [1.54, 1.807) is 26.0 Å². The van der Waals surface area contributed by atoms with Gasteiger partial charge < -0.3 is 14.6 Å². The van der Waals surface area contributed by atoms with Crippen molar-refractivity contribution >= 4 is 40.2 Å². The van der Waals surface area contributed by atoms with Crippen molar-refractivity contribution in [2.75, 3.05) is 14.2 Å². The molecule has 0 fully saturated rings. The number of hydrogen-bond acceptors (Lipinski definition) is 6. The smallest absolute Gasteiger partial charge is 0.336 e. The Labute approximate surface area is 153 Å². The van der Waals surface area contributed by atoms with Crippen LogP contribution in [0.3, 0.4) is 0 Å². The van der Waals surface area contributed by atoms with Crippen LogP contribution in [0.4, 0.5) is 0 Å². The van der Waals surface area contributed by atoms with Crippen molar-refractivity contribution < 1.29 is 24.2 Å². The molecule has 1 N–H and O–H groups in total. The zero-order chi connectivity index (χ0) is 18.0. The fraction of sp³-hybridized carbons (Fsp3) is 0.353. The Kier molecular flexibility index (Phi) is 5.63. The highest BCUT2D eigenvalue weighted by Crippen LogP contribution is 2.41. The molecule has 0 radical (unpaired) electrons. The first-order valence-corrected chi connectivity index (χ1v) is 8.30. The first kappa shape index (κ1) is 18.4. The third-order valence-corrected chi connectivity index (χ3v) is 4.88. The SMILES string of the molecule is COC(=O)C1=C(C)N=C(C)C(C(=O)OC)C1c1ccc(O)c(I)c1. The molecule has 0 aromatic heterocycles. The van der Waals surface area contributed by atoms with Crippen LogP contribution in [-0.2, 0) is 19.1 Å². The summed E-state index contributed by atoms with van der Waals surface area (Å²) in [5.74, 6) is -2.19. The molecule has 1 aliphatic rings. The summed E-state index contributed by atoms with van der Waals surface area (Å²) in [7, 11) is 2.59. The molecule has 1 aromatic rings. The molecule has 24 heavy (non-hydrogen) atoms. The van der Waals surface area contributed by atoms with E-state index in [1.165, 1.54) is 20.3 Å². The van der Waals surface area contributed by atoms with Gasteiger partial charge in [-0.3, -0.25) is 9.79 Å². The van der Waals surface area contributed by atoms with Crippen LogP contribution >= 0.6 is 22.6 Å². The number of phenolic OH excluding ortho intramolecular Hbond substituents is 1. The fourth-order valence-corrected chi connectivity index (χ4v) is 3.46. The summed E-state index contributed by atoms with van der Waals surface area (Å²) in [4.78, 5) is 29.0. The summed E-state index contributed by atoms with van der Waals surface area (Å²) in [6.45, 7) is 3.44. The highest BCUT2D eigenvalue weighted by Gasteiger charge is 2.42. The fourth-order valence-electron chi connectivity index (χ4n) is 2.92. The molecule has 2 atom stereocenters. The molecule has 7 heteroatoms. The van der Waals surface area contributed by atoms with Gasteiger partial charge in [-0.2, -0.15) is 0 Å².